The average Bonchev–Trinajstić information content (AvgIpc) is 2.87. The number of guanidine groups is 1. The second kappa shape index (κ2) is 5.92. The van der Waals surface area contributed by atoms with Gasteiger partial charge in [-0.3, -0.25) is 4.99 Å². The second-order valence-electron chi connectivity index (χ2n) is 5.57. The molecule has 0 radical (unpaired) electrons. The van der Waals surface area contributed by atoms with Crippen molar-refractivity contribution in [3.8, 4) is 0 Å². The van der Waals surface area contributed by atoms with Gasteiger partial charge in [0.25, 0.3) is 0 Å². The highest BCUT2D eigenvalue weighted by Crippen LogP contribution is 2.42. The first-order valence-corrected chi connectivity index (χ1v) is 7.53. The van der Waals surface area contributed by atoms with E-state index in [0.717, 1.165) is 19.4 Å². The van der Waals surface area contributed by atoms with Crippen molar-refractivity contribution in [2.75, 3.05) is 13.7 Å². The fraction of sp³-hybridized carbons (Fsp3) is 0.643. The summed E-state index contributed by atoms with van der Waals surface area (Å²) in [6.45, 7) is 5.13. The summed E-state index contributed by atoms with van der Waals surface area (Å²) in [5, 5.41) is 5.39. The summed E-state index contributed by atoms with van der Waals surface area (Å²) < 4.78 is 5.42. The molecule has 0 amide bonds. The number of nitrogens with zero attached hydrogens (tertiary/aromatic N) is 1. The zero-order valence-corrected chi connectivity index (χ0v) is 12.7. The Morgan fingerprint density at radius 3 is 3.00 bits per heavy atom. The molecule has 2 rings (SSSR count). The van der Waals surface area contributed by atoms with Crippen molar-refractivity contribution in [2.24, 2.45) is 16.1 Å². The largest absolute Gasteiger partial charge is 0.381 e. The molecule has 1 aromatic heterocycles. The Labute approximate surface area is 119 Å². The van der Waals surface area contributed by atoms with Gasteiger partial charge in [-0.2, -0.15) is 0 Å². The number of hydrogen-bond donors (Lipinski definition) is 2. The third-order valence-electron chi connectivity index (χ3n) is 4.00. The van der Waals surface area contributed by atoms with Gasteiger partial charge >= 0.3 is 0 Å². The number of methoxy groups -OCH3 is 1. The maximum Gasteiger partial charge on any atom is 0.188 e. The molecule has 0 aromatic carbocycles. The van der Waals surface area contributed by atoms with Crippen LogP contribution in [0.25, 0.3) is 0 Å². The molecule has 1 aliphatic rings. The van der Waals surface area contributed by atoms with Crippen LogP contribution in [0, 0.1) is 5.41 Å². The molecule has 0 saturated heterocycles. The number of aliphatic imine (C=N–C) groups is 1. The van der Waals surface area contributed by atoms with Gasteiger partial charge in [0, 0.05) is 36.4 Å². The zero-order valence-electron chi connectivity index (χ0n) is 11.8. The summed E-state index contributed by atoms with van der Waals surface area (Å²) in [4.78, 5) is 5.73. The van der Waals surface area contributed by atoms with Gasteiger partial charge in [0.15, 0.2) is 5.96 Å². The highest BCUT2D eigenvalue weighted by atomic mass is 32.1. The van der Waals surface area contributed by atoms with Crippen LogP contribution in [-0.4, -0.2) is 31.8 Å². The van der Waals surface area contributed by atoms with Crippen LogP contribution in [0.3, 0.4) is 0 Å². The summed E-state index contributed by atoms with van der Waals surface area (Å²) in [7, 11) is 1.76. The molecular weight excluding hydrogens is 258 g/mol. The molecule has 2 unspecified atom stereocenters. The second-order valence-corrected chi connectivity index (χ2v) is 6.61. The van der Waals surface area contributed by atoms with E-state index in [1.165, 1.54) is 4.88 Å². The van der Waals surface area contributed by atoms with Crippen molar-refractivity contribution < 1.29 is 4.74 Å². The molecule has 19 heavy (non-hydrogen) atoms. The number of nitrogens with one attached hydrogen (secondary N) is 1. The Bertz CT molecular complexity index is 428. The van der Waals surface area contributed by atoms with E-state index in [2.05, 4.69) is 41.7 Å². The Hall–Kier alpha value is -1.07. The third-order valence-corrected chi connectivity index (χ3v) is 4.94. The quantitative estimate of drug-likeness (QED) is 0.641. The number of rotatable bonds is 5. The number of thiophene rings is 1. The molecule has 1 aromatic rings. The van der Waals surface area contributed by atoms with Crippen molar-refractivity contribution >= 4 is 17.3 Å². The molecule has 4 nitrogen and oxygen atoms in total. The predicted octanol–water partition coefficient (Wildman–Crippen LogP) is 2.01. The fourth-order valence-corrected chi connectivity index (χ4v) is 3.19. The van der Waals surface area contributed by atoms with Gasteiger partial charge in [0.1, 0.15) is 0 Å². The SMILES string of the molecule is COC1CC(NC(N)=NCCc2cccs2)C1(C)C. The lowest BCUT2D eigenvalue weighted by Crippen LogP contribution is -2.62. The molecule has 106 valence electrons. The van der Waals surface area contributed by atoms with E-state index in [-0.39, 0.29) is 5.41 Å². The minimum absolute atomic E-state index is 0.114. The van der Waals surface area contributed by atoms with E-state index in [0.29, 0.717) is 18.1 Å². The third kappa shape index (κ3) is 3.28. The molecule has 3 N–H and O–H groups in total. The Balaban J connectivity index is 1.77. The molecular formula is C14H23N3OS. The van der Waals surface area contributed by atoms with E-state index in [4.69, 9.17) is 10.5 Å². The highest BCUT2D eigenvalue weighted by molar-refractivity contribution is 7.09. The lowest BCUT2D eigenvalue weighted by atomic mass is 9.64. The topological polar surface area (TPSA) is 59.6 Å². The predicted molar refractivity (Wildman–Crippen MR) is 80.6 cm³/mol. The summed E-state index contributed by atoms with van der Waals surface area (Å²) in [5.41, 5.74) is 6.05. The molecule has 5 heteroatoms. The van der Waals surface area contributed by atoms with Crippen molar-refractivity contribution in [3.63, 3.8) is 0 Å². The van der Waals surface area contributed by atoms with Crippen molar-refractivity contribution in [3.05, 3.63) is 22.4 Å². The summed E-state index contributed by atoms with van der Waals surface area (Å²) >= 11 is 1.76. The van der Waals surface area contributed by atoms with Crippen LogP contribution in [0.4, 0.5) is 0 Å². The van der Waals surface area contributed by atoms with Crippen molar-refractivity contribution in [1.29, 1.82) is 0 Å². The first-order valence-electron chi connectivity index (χ1n) is 6.65. The molecule has 0 bridgehead atoms. The fourth-order valence-electron chi connectivity index (χ4n) is 2.50. The number of ether oxygens (including phenoxy) is 1. The van der Waals surface area contributed by atoms with E-state index in [1.54, 1.807) is 18.4 Å². The first-order chi connectivity index (χ1) is 9.04. The zero-order chi connectivity index (χ0) is 13.9. The van der Waals surface area contributed by atoms with E-state index in [1.807, 2.05) is 0 Å². The van der Waals surface area contributed by atoms with Gasteiger partial charge < -0.3 is 15.8 Å². The van der Waals surface area contributed by atoms with Crippen LogP contribution in [0.15, 0.2) is 22.5 Å². The minimum atomic E-state index is 0.114. The van der Waals surface area contributed by atoms with Gasteiger partial charge in [-0.05, 0) is 17.9 Å². The van der Waals surface area contributed by atoms with E-state index >= 15 is 0 Å². The monoisotopic (exact) mass is 281 g/mol. The molecule has 1 aliphatic carbocycles. The van der Waals surface area contributed by atoms with Gasteiger partial charge in [-0.25, -0.2) is 0 Å². The molecule has 1 saturated carbocycles. The Morgan fingerprint density at radius 1 is 1.63 bits per heavy atom. The van der Waals surface area contributed by atoms with Gasteiger partial charge in [0.2, 0.25) is 0 Å². The van der Waals surface area contributed by atoms with Gasteiger partial charge in [0.05, 0.1) is 6.10 Å². The number of nitrogens with two attached hydrogens (primary N) is 1. The van der Waals surface area contributed by atoms with Crippen LogP contribution in [0.1, 0.15) is 25.1 Å². The van der Waals surface area contributed by atoms with E-state index < -0.39 is 0 Å². The normalized spacial score (nSPS) is 25.9. The van der Waals surface area contributed by atoms with Crippen molar-refractivity contribution in [1.82, 2.24) is 5.32 Å². The maximum atomic E-state index is 5.93. The van der Waals surface area contributed by atoms with Crippen LogP contribution in [0.5, 0.6) is 0 Å². The average molecular weight is 281 g/mol. The van der Waals surface area contributed by atoms with Crippen LogP contribution in [-0.2, 0) is 11.2 Å². The van der Waals surface area contributed by atoms with E-state index in [9.17, 15) is 0 Å². The molecule has 0 aliphatic heterocycles. The minimum Gasteiger partial charge on any atom is -0.381 e. The first kappa shape index (κ1) is 14.3. The molecule has 2 atom stereocenters. The molecule has 1 heterocycles. The maximum absolute atomic E-state index is 5.93. The van der Waals surface area contributed by atoms with Gasteiger partial charge in [-0.15, -0.1) is 11.3 Å². The van der Waals surface area contributed by atoms with Crippen LogP contribution >= 0.6 is 11.3 Å². The highest BCUT2D eigenvalue weighted by Gasteiger charge is 2.48. The summed E-state index contributed by atoms with van der Waals surface area (Å²) in [5.74, 6) is 0.546. The summed E-state index contributed by atoms with van der Waals surface area (Å²) in [6.07, 6.45) is 2.25. The van der Waals surface area contributed by atoms with Crippen LogP contribution < -0.4 is 11.1 Å². The molecule has 1 fully saturated rings. The number of hydrogen-bond acceptors (Lipinski definition) is 3. The Morgan fingerprint density at radius 2 is 2.42 bits per heavy atom. The van der Waals surface area contributed by atoms with Crippen molar-refractivity contribution in [2.45, 2.75) is 38.8 Å². The lowest BCUT2D eigenvalue weighted by molar-refractivity contribution is -0.0921. The summed E-state index contributed by atoms with van der Waals surface area (Å²) in [6, 6.07) is 4.54. The Kier molecular flexibility index (Phi) is 4.47. The lowest BCUT2D eigenvalue weighted by Gasteiger charge is -2.51. The standard InChI is InChI=1S/C14H23N3OS/c1-14(2)11(9-12(14)18-3)17-13(15)16-7-6-10-5-4-8-19-10/h4-5,8,11-12H,6-7,9H2,1-3H3,(H3,15,16,17). The van der Waals surface area contributed by atoms with Gasteiger partial charge in [-0.1, -0.05) is 19.9 Å². The van der Waals surface area contributed by atoms with Crippen LogP contribution in [0.2, 0.25) is 0 Å². The molecule has 0 spiro atoms. The smallest absolute Gasteiger partial charge is 0.188 e.